The first kappa shape index (κ1) is 14.6. The molecule has 4 nitrogen and oxygen atoms in total. The molecule has 0 aliphatic heterocycles. The Labute approximate surface area is 105 Å². The second kappa shape index (κ2) is 5.93. The molecule has 0 spiro atoms. The summed E-state index contributed by atoms with van der Waals surface area (Å²) in [4.78, 5) is 11.6. The highest BCUT2D eigenvalue weighted by molar-refractivity contribution is 5.77. The van der Waals surface area contributed by atoms with Gasteiger partial charge >= 0.3 is 0 Å². The summed E-state index contributed by atoms with van der Waals surface area (Å²) >= 11 is 0. The number of hydrogen-bond donors (Lipinski definition) is 3. The number of benzene rings is 1. The quantitative estimate of drug-likeness (QED) is 0.739. The van der Waals surface area contributed by atoms with E-state index in [2.05, 4.69) is 5.32 Å². The molecule has 100 valence electrons. The molecule has 0 aliphatic carbocycles. The summed E-state index contributed by atoms with van der Waals surface area (Å²) in [5.74, 6) is -0.853. The lowest BCUT2D eigenvalue weighted by atomic mass is 10.0. The molecule has 3 N–H and O–H groups in total. The summed E-state index contributed by atoms with van der Waals surface area (Å²) in [7, 11) is 0. The van der Waals surface area contributed by atoms with E-state index in [-0.39, 0.29) is 13.0 Å². The van der Waals surface area contributed by atoms with Crippen molar-refractivity contribution in [1.29, 1.82) is 0 Å². The number of aliphatic hydroxyl groups excluding tert-OH is 2. The predicted molar refractivity (Wildman–Crippen MR) is 65.3 cm³/mol. The van der Waals surface area contributed by atoms with Crippen LogP contribution in [0.15, 0.2) is 24.3 Å². The largest absolute Gasteiger partial charge is 0.394 e. The normalized spacial score (nSPS) is 13.2. The molecule has 0 saturated heterocycles. The van der Waals surface area contributed by atoms with Gasteiger partial charge in [0, 0.05) is 0 Å². The predicted octanol–water partition coefficient (Wildman–Crippen LogP) is 1.14. The minimum atomic E-state index is -1.06. The van der Waals surface area contributed by atoms with Gasteiger partial charge in [-0.05, 0) is 31.5 Å². The Hall–Kier alpha value is -1.46. The third-order valence-electron chi connectivity index (χ3n) is 2.49. The third-order valence-corrected chi connectivity index (χ3v) is 2.49. The molecule has 1 aromatic carbocycles. The lowest BCUT2D eigenvalue weighted by Gasteiger charge is -2.24. The molecule has 1 unspecified atom stereocenters. The van der Waals surface area contributed by atoms with E-state index in [4.69, 9.17) is 5.11 Å². The van der Waals surface area contributed by atoms with Crippen molar-refractivity contribution >= 4 is 5.91 Å². The summed E-state index contributed by atoms with van der Waals surface area (Å²) in [6, 6.07) is 5.49. The zero-order valence-corrected chi connectivity index (χ0v) is 10.5. The minimum Gasteiger partial charge on any atom is -0.394 e. The van der Waals surface area contributed by atoms with E-state index >= 15 is 0 Å². The fourth-order valence-electron chi connectivity index (χ4n) is 1.48. The van der Waals surface area contributed by atoms with Crippen LogP contribution in [0.5, 0.6) is 0 Å². The number of aliphatic hydroxyl groups is 2. The fraction of sp³-hybridized carbons (Fsp3) is 0.462. The highest BCUT2D eigenvalue weighted by atomic mass is 19.1. The molecular weight excluding hydrogens is 237 g/mol. The van der Waals surface area contributed by atoms with Gasteiger partial charge in [-0.3, -0.25) is 4.79 Å². The molecule has 0 aromatic heterocycles. The molecule has 0 radical (unpaired) electrons. The standard InChI is InChI=1S/C13H18FNO3/c1-13(2,8-16)15-12(18)7-11(17)9-4-3-5-10(14)6-9/h3-6,11,16-17H,7-8H2,1-2H3,(H,15,18). The van der Waals surface area contributed by atoms with Gasteiger partial charge in [-0.15, -0.1) is 0 Å². The van der Waals surface area contributed by atoms with Crippen LogP contribution in [0.2, 0.25) is 0 Å². The van der Waals surface area contributed by atoms with Crippen molar-refractivity contribution in [2.45, 2.75) is 31.9 Å². The highest BCUT2D eigenvalue weighted by Crippen LogP contribution is 2.17. The first-order chi connectivity index (χ1) is 8.34. The van der Waals surface area contributed by atoms with Crippen molar-refractivity contribution in [1.82, 2.24) is 5.32 Å². The van der Waals surface area contributed by atoms with E-state index in [1.807, 2.05) is 0 Å². The maximum Gasteiger partial charge on any atom is 0.223 e. The number of nitrogens with one attached hydrogen (secondary N) is 1. The Morgan fingerprint density at radius 3 is 2.72 bits per heavy atom. The second-order valence-corrected chi connectivity index (χ2v) is 4.87. The van der Waals surface area contributed by atoms with E-state index in [1.54, 1.807) is 19.9 Å². The van der Waals surface area contributed by atoms with Crippen molar-refractivity contribution in [2.24, 2.45) is 0 Å². The van der Waals surface area contributed by atoms with Gasteiger partial charge in [0.05, 0.1) is 24.7 Å². The molecule has 0 heterocycles. The third kappa shape index (κ3) is 4.43. The van der Waals surface area contributed by atoms with Gasteiger partial charge in [-0.25, -0.2) is 4.39 Å². The van der Waals surface area contributed by atoms with Crippen LogP contribution in [-0.4, -0.2) is 28.3 Å². The Balaban J connectivity index is 2.60. The minimum absolute atomic E-state index is 0.174. The van der Waals surface area contributed by atoms with Crippen LogP contribution < -0.4 is 5.32 Å². The average molecular weight is 255 g/mol. The summed E-state index contributed by atoms with van der Waals surface area (Å²) in [5, 5.41) is 21.4. The molecule has 5 heteroatoms. The van der Waals surface area contributed by atoms with Gasteiger partial charge in [0.2, 0.25) is 5.91 Å². The van der Waals surface area contributed by atoms with Crippen LogP contribution in [0.25, 0.3) is 0 Å². The number of carbonyl (C=O) groups excluding carboxylic acids is 1. The zero-order chi connectivity index (χ0) is 13.8. The van der Waals surface area contributed by atoms with Gasteiger partial charge in [-0.2, -0.15) is 0 Å². The van der Waals surface area contributed by atoms with E-state index in [0.717, 1.165) is 0 Å². The van der Waals surface area contributed by atoms with Crippen LogP contribution >= 0.6 is 0 Å². The van der Waals surface area contributed by atoms with Gasteiger partial charge in [0.15, 0.2) is 0 Å². The van der Waals surface area contributed by atoms with Crippen LogP contribution in [0.3, 0.4) is 0 Å². The van der Waals surface area contributed by atoms with E-state index in [9.17, 15) is 14.3 Å². The summed E-state index contributed by atoms with van der Waals surface area (Å²) in [6.45, 7) is 3.13. The zero-order valence-electron chi connectivity index (χ0n) is 10.5. The molecule has 0 saturated carbocycles. The second-order valence-electron chi connectivity index (χ2n) is 4.87. The molecule has 1 amide bonds. The SMILES string of the molecule is CC(C)(CO)NC(=O)CC(O)c1cccc(F)c1. The van der Waals surface area contributed by atoms with Crippen molar-refractivity contribution < 1.29 is 19.4 Å². The molecular formula is C13H18FNO3. The summed E-state index contributed by atoms with van der Waals surface area (Å²) in [6.07, 6.45) is -1.23. The fourth-order valence-corrected chi connectivity index (χ4v) is 1.48. The number of halogens is 1. The maximum atomic E-state index is 12.9. The summed E-state index contributed by atoms with van der Waals surface area (Å²) in [5.41, 5.74) is -0.384. The van der Waals surface area contributed by atoms with Gasteiger partial charge in [0.25, 0.3) is 0 Å². The molecule has 0 bridgehead atoms. The number of amides is 1. The first-order valence-corrected chi connectivity index (χ1v) is 5.69. The number of rotatable bonds is 5. The highest BCUT2D eigenvalue weighted by Gasteiger charge is 2.21. The molecule has 18 heavy (non-hydrogen) atoms. The lowest BCUT2D eigenvalue weighted by Crippen LogP contribution is -2.46. The van der Waals surface area contributed by atoms with E-state index in [1.165, 1.54) is 18.2 Å². The van der Waals surface area contributed by atoms with E-state index in [0.29, 0.717) is 5.56 Å². The van der Waals surface area contributed by atoms with Crippen LogP contribution in [0.4, 0.5) is 4.39 Å². The molecule has 0 fully saturated rings. The van der Waals surface area contributed by atoms with Crippen LogP contribution in [0, 0.1) is 5.82 Å². The lowest BCUT2D eigenvalue weighted by molar-refractivity contribution is -0.125. The van der Waals surface area contributed by atoms with Crippen LogP contribution in [-0.2, 0) is 4.79 Å². The number of carbonyl (C=O) groups is 1. The monoisotopic (exact) mass is 255 g/mol. The van der Waals surface area contributed by atoms with Gasteiger partial charge < -0.3 is 15.5 Å². The summed E-state index contributed by atoms with van der Waals surface area (Å²) < 4.78 is 12.9. The van der Waals surface area contributed by atoms with Crippen molar-refractivity contribution in [3.63, 3.8) is 0 Å². The number of hydrogen-bond acceptors (Lipinski definition) is 3. The van der Waals surface area contributed by atoms with Gasteiger partial charge in [-0.1, -0.05) is 12.1 Å². The van der Waals surface area contributed by atoms with Crippen molar-refractivity contribution in [3.8, 4) is 0 Å². The smallest absolute Gasteiger partial charge is 0.223 e. The Morgan fingerprint density at radius 1 is 1.50 bits per heavy atom. The molecule has 0 aliphatic rings. The van der Waals surface area contributed by atoms with Crippen LogP contribution in [0.1, 0.15) is 31.9 Å². The Morgan fingerprint density at radius 2 is 2.17 bits per heavy atom. The van der Waals surface area contributed by atoms with E-state index < -0.39 is 23.4 Å². The Bertz CT molecular complexity index is 420. The molecule has 1 rings (SSSR count). The molecule has 1 aromatic rings. The molecule has 1 atom stereocenters. The van der Waals surface area contributed by atoms with Crippen molar-refractivity contribution in [3.05, 3.63) is 35.6 Å². The topological polar surface area (TPSA) is 69.6 Å². The van der Waals surface area contributed by atoms with Crippen molar-refractivity contribution in [2.75, 3.05) is 6.61 Å². The average Bonchev–Trinajstić information content (AvgIpc) is 2.28. The van der Waals surface area contributed by atoms with Gasteiger partial charge in [0.1, 0.15) is 5.82 Å². The first-order valence-electron chi connectivity index (χ1n) is 5.69. The Kier molecular flexibility index (Phi) is 4.81. The maximum absolute atomic E-state index is 12.9.